The van der Waals surface area contributed by atoms with E-state index in [0.29, 0.717) is 12.0 Å². The van der Waals surface area contributed by atoms with Crippen LogP contribution < -0.4 is 4.74 Å². The Labute approximate surface area is 235 Å². The molecule has 7 nitrogen and oxygen atoms in total. The molecule has 5 heterocycles. The zero-order chi connectivity index (χ0) is 26.5. The molecule has 0 atom stereocenters. The summed E-state index contributed by atoms with van der Waals surface area (Å²) in [5.74, 6) is 3.17. The molecule has 8 heteroatoms. The summed E-state index contributed by atoms with van der Waals surface area (Å²) in [6.07, 6.45) is 13.0. The highest BCUT2D eigenvalue weighted by Gasteiger charge is 2.40. The summed E-state index contributed by atoms with van der Waals surface area (Å²) in [6.45, 7) is 9.94. The molecule has 4 aromatic rings. The van der Waals surface area contributed by atoms with Gasteiger partial charge in [0.1, 0.15) is 17.4 Å². The molecule has 6 rings (SSSR count). The van der Waals surface area contributed by atoms with E-state index in [1.54, 1.807) is 12.4 Å². The number of nitrogens with zero attached hydrogens (tertiary/aromatic N) is 4. The quantitative estimate of drug-likeness (QED) is 0.262. The van der Waals surface area contributed by atoms with Crippen molar-refractivity contribution in [3.63, 3.8) is 0 Å². The third kappa shape index (κ3) is 6.80. The smallest absolute Gasteiger partial charge is 0.119 e. The number of aryl methyl sites for hydroxylation is 1. The Hall–Kier alpha value is -2.94. The average Bonchev–Trinajstić information content (AvgIpc) is 3.77. The van der Waals surface area contributed by atoms with Crippen LogP contribution in [0.25, 0.3) is 0 Å². The fraction of sp³-hybridized carbons (Fsp3) is 0.484. The van der Waals surface area contributed by atoms with Gasteiger partial charge in [0.25, 0.3) is 0 Å². The number of ether oxygens (including phenoxy) is 1. The number of aromatic amines is 2. The first-order valence-electron chi connectivity index (χ1n) is 14.3. The van der Waals surface area contributed by atoms with Gasteiger partial charge in [-0.05, 0) is 85.9 Å². The van der Waals surface area contributed by atoms with Crippen molar-refractivity contribution in [3.8, 4) is 5.75 Å². The zero-order valence-corrected chi connectivity index (χ0v) is 23.8. The summed E-state index contributed by atoms with van der Waals surface area (Å²) < 4.78 is 6.23. The molecular formula is C31H40N6OS. The third-order valence-electron chi connectivity index (χ3n) is 8.66. The van der Waals surface area contributed by atoms with Crippen molar-refractivity contribution in [3.05, 3.63) is 88.2 Å². The largest absolute Gasteiger partial charge is 0.493 e. The van der Waals surface area contributed by atoms with Gasteiger partial charge in [0.05, 0.1) is 6.61 Å². The van der Waals surface area contributed by atoms with E-state index in [4.69, 9.17) is 4.74 Å². The molecule has 0 amide bonds. The number of hydrogen-bond donors (Lipinski definition) is 2. The highest BCUT2D eigenvalue weighted by molar-refractivity contribution is 7.10. The fourth-order valence-electron chi connectivity index (χ4n) is 6.24. The number of imidazole rings is 2. The fourth-order valence-corrected chi connectivity index (χ4v) is 7.19. The van der Waals surface area contributed by atoms with Crippen molar-refractivity contribution >= 4 is 11.3 Å². The molecule has 2 aliphatic heterocycles. The molecule has 0 bridgehead atoms. The van der Waals surface area contributed by atoms with Crippen LogP contribution in [0.5, 0.6) is 5.75 Å². The van der Waals surface area contributed by atoms with Gasteiger partial charge in [0.15, 0.2) is 0 Å². The van der Waals surface area contributed by atoms with Gasteiger partial charge >= 0.3 is 0 Å². The molecule has 39 heavy (non-hydrogen) atoms. The van der Waals surface area contributed by atoms with Crippen LogP contribution in [0.4, 0.5) is 0 Å². The van der Waals surface area contributed by atoms with Gasteiger partial charge in [-0.25, -0.2) is 9.97 Å². The summed E-state index contributed by atoms with van der Waals surface area (Å²) in [4.78, 5) is 22.1. The number of nitrogens with one attached hydrogen (secondary N) is 2. The molecule has 1 spiro atoms. The second-order valence-corrected chi connectivity index (χ2v) is 12.6. The first-order chi connectivity index (χ1) is 19.1. The van der Waals surface area contributed by atoms with E-state index in [2.05, 4.69) is 72.4 Å². The molecular weight excluding hydrogens is 504 g/mol. The van der Waals surface area contributed by atoms with Gasteiger partial charge < -0.3 is 14.7 Å². The van der Waals surface area contributed by atoms with Gasteiger partial charge in [-0.15, -0.1) is 11.3 Å². The molecule has 1 aromatic carbocycles. The van der Waals surface area contributed by atoms with Crippen LogP contribution in [0.15, 0.2) is 60.5 Å². The zero-order valence-electron chi connectivity index (χ0n) is 22.9. The lowest BCUT2D eigenvalue weighted by atomic mass is 9.78. The predicted octanol–water partition coefficient (Wildman–Crippen LogP) is 5.47. The van der Waals surface area contributed by atoms with Crippen molar-refractivity contribution in [1.82, 2.24) is 29.7 Å². The topological polar surface area (TPSA) is 73.1 Å². The third-order valence-corrected chi connectivity index (χ3v) is 9.67. The van der Waals surface area contributed by atoms with Gasteiger partial charge in [-0.2, -0.15) is 0 Å². The van der Waals surface area contributed by atoms with E-state index in [0.717, 1.165) is 43.3 Å². The Kier molecular flexibility index (Phi) is 8.13. The lowest BCUT2D eigenvalue weighted by molar-refractivity contribution is 0.102. The number of likely N-dealkylation sites (tertiary alicyclic amines) is 2. The van der Waals surface area contributed by atoms with E-state index in [9.17, 15) is 0 Å². The number of benzene rings is 1. The number of hydrogen-bond acceptors (Lipinski definition) is 6. The molecule has 3 aromatic heterocycles. The predicted molar refractivity (Wildman–Crippen MR) is 156 cm³/mol. The van der Waals surface area contributed by atoms with Gasteiger partial charge in [0.2, 0.25) is 0 Å². The number of thiophene rings is 1. The molecule has 0 radical (unpaired) electrons. The first-order valence-corrected chi connectivity index (χ1v) is 15.2. The maximum Gasteiger partial charge on any atom is 0.119 e. The van der Waals surface area contributed by atoms with Crippen molar-refractivity contribution in [2.45, 2.75) is 52.1 Å². The van der Waals surface area contributed by atoms with Crippen molar-refractivity contribution in [2.75, 3.05) is 32.8 Å². The Morgan fingerprint density at radius 3 is 2.15 bits per heavy atom. The second-order valence-electron chi connectivity index (χ2n) is 11.6. The minimum atomic E-state index is 0.281. The molecule has 0 aliphatic carbocycles. The van der Waals surface area contributed by atoms with Crippen molar-refractivity contribution < 1.29 is 4.74 Å². The van der Waals surface area contributed by atoms with Crippen LogP contribution in [0.3, 0.4) is 0 Å². The van der Waals surface area contributed by atoms with Gasteiger partial charge in [-0.1, -0.05) is 12.1 Å². The number of aromatic nitrogens is 4. The van der Waals surface area contributed by atoms with E-state index >= 15 is 0 Å². The highest BCUT2D eigenvalue weighted by Crippen LogP contribution is 2.41. The van der Waals surface area contributed by atoms with Crippen molar-refractivity contribution in [2.24, 2.45) is 11.3 Å². The minimum Gasteiger partial charge on any atom is -0.493 e. The molecule has 2 fully saturated rings. The Morgan fingerprint density at radius 1 is 0.897 bits per heavy atom. The molecule has 0 saturated carbocycles. The maximum absolute atomic E-state index is 6.23. The lowest BCUT2D eigenvalue weighted by Crippen LogP contribution is -2.41. The van der Waals surface area contributed by atoms with Crippen LogP contribution in [0.2, 0.25) is 0 Å². The molecule has 0 unspecified atom stereocenters. The summed E-state index contributed by atoms with van der Waals surface area (Å²) >= 11 is 1.91. The normalized spacial score (nSPS) is 17.9. The first kappa shape index (κ1) is 26.3. The van der Waals surface area contributed by atoms with Gasteiger partial charge in [-0.3, -0.25) is 9.80 Å². The Morgan fingerprint density at radius 2 is 1.56 bits per heavy atom. The van der Waals surface area contributed by atoms with E-state index in [-0.39, 0.29) is 5.92 Å². The number of piperidine rings is 1. The van der Waals surface area contributed by atoms with Gasteiger partial charge in [0, 0.05) is 68.1 Å². The highest BCUT2D eigenvalue weighted by atomic mass is 32.1. The Balaban J connectivity index is 0.971. The molecule has 206 valence electrons. The average molecular weight is 545 g/mol. The van der Waals surface area contributed by atoms with Crippen molar-refractivity contribution in [1.29, 1.82) is 0 Å². The SMILES string of the molecule is Cc1ccsc1CN1CCC2(CC1)CCN(Cc1ccc(OCC(Cc3ncc[nH]3)Cc3ncc[nH]3)cc1)C2. The van der Waals surface area contributed by atoms with E-state index in [1.165, 1.54) is 61.4 Å². The molecule has 2 saturated heterocycles. The van der Waals surface area contributed by atoms with E-state index < -0.39 is 0 Å². The molecule has 2 N–H and O–H groups in total. The van der Waals surface area contributed by atoms with Crippen LogP contribution in [-0.4, -0.2) is 62.5 Å². The summed E-state index contributed by atoms with van der Waals surface area (Å²) in [7, 11) is 0. The number of rotatable bonds is 11. The van der Waals surface area contributed by atoms with Crippen LogP contribution in [-0.2, 0) is 25.9 Å². The summed E-state index contributed by atoms with van der Waals surface area (Å²) in [6, 6.07) is 11.0. The summed E-state index contributed by atoms with van der Waals surface area (Å²) in [5, 5.41) is 2.23. The lowest BCUT2D eigenvalue weighted by Gasteiger charge is -2.39. The Bertz CT molecular complexity index is 1240. The maximum atomic E-state index is 6.23. The van der Waals surface area contributed by atoms with E-state index in [1.807, 2.05) is 23.7 Å². The number of H-pyrrole nitrogens is 2. The van der Waals surface area contributed by atoms with Crippen LogP contribution in [0, 0.1) is 18.3 Å². The monoisotopic (exact) mass is 544 g/mol. The summed E-state index contributed by atoms with van der Waals surface area (Å²) in [5.41, 5.74) is 3.33. The second kappa shape index (κ2) is 12.1. The standard InChI is InChI=1S/C31H40N6OS/c1-24-6-17-39-28(24)21-36-14-7-31(8-15-36)9-16-37(23-31)20-25-2-4-27(5-3-25)38-22-26(18-29-32-10-11-33-29)19-30-34-12-13-35-30/h2-6,10-13,17,26H,7-9,14-16,18-23H2,1H3,(H,32,33)(H,34,35). The van der Waals surface area contributed by atoms with Crippen LogP contribution >= 0.6 is 11.3 Å². The minimum absolute atomic E-state index is 0.281. The molecule has 2 aliphatic rings. The van der Waals surface area contributed by atoms with Crippen LogP contribution in [0.1, 0.15) is 46.9 Å².